The first kappa shape index (κ1) is 20.9. The zero-order valence-electron chi connectivity index (χ0n) is 16.1. The number of amides is 1. The summed E-state index contributed by atoms with van der Waals surface area (Å²) >= 11 is 0. The number of anilines is 1. The summed E-state index contributed by atoms with van der Waals surface area (Å²) in [4.78, 5) is 12.5. The second-order valence-corrected chi connectivity index (χ2v) is 9.00. The number of nitrogens with zero attached hydrogens (tertiary/aromatic N) is 2. The molecular formula is C19H31N3O3S. The molecule has 6 nitrogen and oxygen atoms in total. The lowest BCUT2D eigenvalue weighted by Gasteiger charge is -2.34. The lowest BCUT2D eigenvalue weighted by atomic mass is 9.96. The van der Waals surface area contributed by atoms with Gasteiger partial charge < -0.3 is 5.32 Å². The van der Waals surface area contributed by atoms with E-state index in [1.54, 1.807) is 7.05 Å². The van der Waals surface area contributed by atoms with Gasteiger partial charge in [-0.15, -0.1) is 0 Å². The number of para-hydroxylation sites is 1. The van der Waals surface area contributed by atoms with E-state index in [4.69, 9.17) is 0 Å². The van der Waals surface area contributed by atoms with Gasteiger partial charge in [-0.2, -0.15) is 17.0 Å². The van der Waals surface area contributed by atoms with Crippen molar-refractivity contribution in [2.45, 2.75) is 58.4 Å². The van der Waals surface area contributed by atoms with Gasteiger partial charge in [-0.1, -0.05) is 44.4 Å². The molecule has 0 radical (unpaired) electrons. The summed E-state index contributed by atoms with van der Waals surface area (Å²) in [6.07, 6.45) is 5.74. The van der Waals surface area contributed by atoms with E-state index in [0.717, 1.165) is 31.2 Å². The molecule has 146 valence electrons. The van der Waals surface area contributed by atoms with Gasteiger partial charge in [0.2, 0.25) is 5.91 Å². The van der Waals surface area contributed by atoms with Crippen LogP contribution in [0.3, 0.4) is 0 Å². The van der Waals surface area contributed by atoms with Gasteiger partial charge in [0.25, 0.3) is 10.2 Å². The molecule has 0 aliphatic heterocycles. The maximum atomic E-state index is 13.0. The first-order chi connectivity index (χ1) is 12.4. The van der Waals surface area contributed by atoms with Crippen LogP contribution in [0, 0.1) is 6.92 Å². The van der Waals surface area contributed by atoms with Crippen molar-refractivity contribution < 1.29 is 13.2 Å². The summed E-state index contributed by atoms with van der Waals surface area (Å²) < 4.78 is 28.9. The van der Waals surface area contributed by atoms with Crippen molar-refractivity contribution >= 4 is 21.8 Å². The molecule has 1 aliphatic carbocycles. The maximum Gasteiger partial charge on any atom is 0.282 e. The predicted molar refractivity (Wildman–Crippen MR) is 105 cm³/mol. The van der Waals surface area contributed by atoms with Gasteiger partial charge in [-0.25, -0.2) is 0 Å². The fraction of sp³-hybridized carbons (Fsp3) is 0.632. The average molecular weight is 382 g/mol. The monoisotopic (exact) mass is 381 g/mol. The highest BCUT2D eigenvalue weighted by molar-refractivity contribution is 7.86. The molecule has 1 amide bonds. The predicted octanol–water partition coefficient (Wildman–Crippen LogP) is 3.15. The number of nitrogens with one attached hydrogen (secondary N) is 1. The van der Waals surface area contributed by atoms with Crippen LogP contribution < -0.4 is 5.32 Å². The maximum absolute atomic E-state index is 13.0. The molecule has 0 unspecified atom stereocenters. The van der Waals surface area contributed by atoms with Crippen LogP contribution in [0.2, 0.25) is 0 Å². The molecule has 0 bridgehead atoms. The topological polar surface area (TPSA) is 69.7 Å². The minimum absolute atomic E-state index is 0.0348. The van der Waals surface area contributed by atoms with Gasteiger partial charge in [0.15, 0.2) is 0 Å². The third kappa shape index (κ3) is 5.28. The molecule has 1 N–H and O–H groups in total. The molecule has 2 rings (SSSR count). The second kappa shape index (κ2) is 9.48. The largest absolute Gasteiger partial charge is 0.325 e. The Morgan fingerprint density at radius 2 is 1.85 bits per heavy atom. The minimum Gasteiger partial charge on any atom is -0.325 e. The number of hydrogen-bond acceptors (Lipinski definition) is 3. The number of aryl methyl sites for hydroxylation is 1. The third-order valence-corrected chi connectivity index (χ3v) is 6.98. The first-order valence-electron chi connectivity index (χ1n) is 9.44. The quantitative estimate of drug-likeness (QED) is 0.752. The summed E-state index contributed by atoms with van der Waals surface area (Å²) in [6.45, 7) is 4.00. The van der Waals surface area contributed by atoms with Crippen molar-refractivity contribution in [3.05, 3.63) is 29.8 Å². The number of benzene rings is 1. The summed E-state index contributed by atoms with van der Waals surface area (Å²) in [5, 5.41) is 2.83. The van der Waals surface area contributed by atoms with E-state index in [0.29, 0.717) is 18.7 Å². The highest BCUT2D eigenvalue weighted by Gasteiger charge is 2.33. The SMILES string of the molecule is CCCN(CC(=O)Nc1ccccc1C)S(=O)(=O)N(C)C1CCCCC1. The molecule has 0 spiro atoms. The standard InChI is InChI=1S/C19H31N3O3S/c1-4-14-22(15-19(23)20-18-13-9-8-10-16(18)2)26(24,25)21(3)17-11-6-5-7-12-17/h8-10,13,17H,4-7,11-12,14-15H2,1-3H3,(H,20,23). The zero-order chi connectivity index (χ0) is 19.2. The molecule has 1 saturated carbocycles. The molecule has 7 heteroatoms. The highest BCUT2D eigenvalue weighted by Crippen LogP contribution is 2.25. The fourth-order valence-corrected chi connectivity index (χ4v) is 5.05. The molecule has 0 aromatic heterocycles. The molecule has 1 aromatic carbocycles. The zero-order valence-corrected chi connectivity index (χ0v) is 16.9. The Morgan fingerprint density at radius 1 is 1.19 bits per heavy atom. The smallest absolute Gasteiger partial charge is 0.282 e. The second-order valence-electron chi connectivity index (χ2n) is 7.01. The van der Waals surface area contributed by atoms with Crippen LogP contribution in [0.4, 0.5) is 5.69 Å². The van der Waals surface area contributed by atoms with E-state index in [9.17, 15) is 13.2 Å². The van der Waals surface area contributed by atoms with Crippen LogP contribution in [0.5, 0.6) is 0 Å². The normalized spacial score (nSPS) is 16.2. The third-order valence-electron chi connectivity index (χ3n) is 4.99. The first-order valence-corrected chi connectivity index (χ1v) is 10.8. The van der Waals surface area contributed by atoms with Crippen molar-refractivity contribution in [3.63, 3.8) is 0 Å². The van der Waals surface area contributed by atoms with Crippen molar-refractivity contribution in [1.29, 1.82) is 0 Å². The van der Waals surface area contributed by atoms with Crippen molar-refractivity contribution in [2.75, 3.05) is 25.5 Å². The number of carbonyl (C=O) groups excluding carboxylic acids is 1. The van der Waals surface area contributed by atoms with Crippen molar-refractivity contribution in [3.8, 4) is 0 Å². The van der Waals surface area contributed by atoms with Crippen LogP contribution in [-0.4, -0.2) is 49.1 Å². The van der Waals surface area contributed by atoms with Gasteiger partial charge in [0.1, 0.15) is 0 Å². The number of carbonyl (C=O) groups is 1. The number of rotatable bonds is 8. The molecule has 0 saturated heterocycles. The molecular weight excluding hydrogens is 350 g/mol. The van der Waals surface area contributed by atoms with Crippen LogP contribution in [0.1, 0.15) is 51.0 Å². The lowest BCUT2D eigenvalue weighted by Crippen LogP contribution is -2.49. The van der Waals surface area contributed by atoms with Crippen molar-refractivity contribution in [1.82, 2.24) is 8.61 Å². The van der Waals surface area contributed by atoms with E-state index in [1.807, 2.05) is 38.1 Å². The minimum atomic E-state index is -3.65. The summed E-state index contributed by atoms with van der Waals surface area (Å²) in [5.74, 6) is -0.312. The van der Waals surface area contributed by atoms with Gasteiger partial charge in [0, 0.05) is 25.3 Å². The van der Waals surface area contributed by atoms with E-state index in [1.165, 1.54) is 15.0 Å². The van der Waals surface area contributed by atoms with Crippen LogP contribution in [0.25, 0.3) is 0 Å². The number of hydrogen-bond donors (Lipinski definition) is 1. The molecule has 26 heavy (non-hydrogen) atoms. The average Bonchev–Trinajstić information content (AvgIpc) is 2.63. The Kier molecular flexibility index (Phi) is 7.61. The summed E-state index contributed by atoms with van der Waals surface area (Å²) in [7, 11) is -2.01. The molecule has 1 aromatic rings. The highest BCUT2D eigenvalue weighted by atomic mass is 32.2. The molecule has 0 atom stereocenters. The van der Waals surface area contributed by atoms with Crippen LogP contribution in [-0.2, 0) is 15.0 Å². The summed E-state index contributed by atoms with van der Waals surface area (Å²) in [6, 6.07) is 7.51. The van der Waals surface area contributed by atoms with E-state index < -0.39 is 10.2 Å². The van der Waals surface area contributed by atoms with Gasteiger partial charge >= 0.3 is 0 Å². The Bertz CT molecular complexity index is 700. The Balaban J connectivity index is 2.08. The summed E-state index contributed by atoms with van der Waals surface area (Å²) in [5.41, 5.74) is 1.66. The fourth-order valence-electron chi connectivity index (χ4n) is 3.40. The Morgan fingerprint density at radius 3 is 2.46 bits per heavy atom. The molecule has 1 aliphatic rings. The molecule has 0 heterocycles. The van der Waals surface area contributed by atoms with Crippen molar-refractivity contribution in [2.24, 2.45) is 0 Å². The Labute approximate surface area is 157 Å². The van der Waals surface area contributed by atoms with E-state index in [2.05, 4.69) is 5.32 Å². The van der Waals surface area contributed by atoms with E-state index >= 15 is 0 Å². The van der Waals surface area contributed by atoms with Gasteiger partial charge in [0.05, 0.1) is 6.54 Å². The van der Waals surface area contributed by atoms with Crippen LogP contribution >= 0.6 is 0 Å². The lowest BCUT2D eigenvalue weighted by molar-refractivity contribution is -0.116. The molecule has 1 fully saturated rings. The van der Waals surface area contributed by atoms with Gasteiger partial charge in [-0.3, -0.25) is 4.79 Å². The van der Waals surface area contributed by atoms with E-state index in [-0.39, 0.29) is 18.5 Å². The Hall–Kier alpha value is -1.44. The van der Waals surface area contributed by atoms with Gasteiger partial charge in [-0.05, 0) is 37.8 Å². The van der Waals surface area contributed by atoms with Crippen LogP contribution in [0.15, 0.2) is 24.3 Å².